The van der Waals surface area contributed by atoms with Gasteiger partial charge in [-0.2, -0.15) is 0 Å². The van der Waals surface area contributed by atoms with E-state index in [2.05, 4.69) is 10.3 Å². The number of ether oxygens (including phenoxy) is 1. The number of carbonyl (C=O) groups is 2. The SMILES string of the molecule is COC(=O)C(C)C(NC(=O)Cc1coc(-c2ccccc2)n1)c1ccccc1. The van der Waals surface area contributed by atoms with E-state index in [1.54, 1.807) is 6.92 Å². The number of benzene rings is 2. The fraction of sp³-hybridized carbons (Fsp3) is 0.227. The highest BCUT2D eigenvalue weighted by Crippen LogP contribution is 2.23. The summed E-state index contributed by atoms with van der Waals surface area (Å²) >= 11 is 0. The highest BCUT2D eigenvalue weighted by Gasteiger charge is 2.28. The first-order chi connectivity index (χ1) is 13.6. The number of carbonyl (C=O) groups excluding carboxylic acids is 2. The summed E-state index contributed by atoms with van der Waals surface area (Å²) < 4.78 is 10.3. The molecule has 0 saturated heterocycles. The Morgan fingerprint density at radius 2 is 1.71 bits per heavy atom. The van der Waals surface area contributed by atoms with Crippen LogP contribution in [0.25, 0.3) is 11.5 Å². The summed E-state index contributed by atoms with van der Waals surface area (Å²) in [7, 11) is 1.34. The summed E-state index contributed by atoms with van der Waals surface area (Å²) in [6.45, 7) is 1.73. The molecule has 0 spiro atoms. The Morgan fingerprint density at radius 1 is 1.07 bits per heavy atom. The molecule has 2 unspecified atom stereocenters. The lowest BCUT2D eigenvalue weighted by molar-refractivity contribution is -0.146. The van der Waals surface area contributed by atoms with Crippen LogP contribution in [0.1, 0.15) is 24.2 Å². The van der Waals surface area contributed by atoms with Crippen molar-refractivity contribution in [2.45, 2.75) is 19.4 Å². The van der Waals surface area contributed by atoms with Gasteiger partial charge in [0.05, 0.1) is 31.2 Å². The van der Waals surface area contributed by atoms with Crippen molar-refractivity contribution in [1.82, 2.24) is 10.3 Å². The third-order valence-corrected chi connectivity index (χ3v) is 4.46. The van der Waals surface area contributed by atoms with E-state index >= 15 is 0 Å². The molecule has 1 heterocycles. The number of hydrogen-bond acceptors (Lipinski definition) is 5. The Balaban J connectivity index is 1.72. The van der Waals surface area contributed by atoms with Gasteiger partial charge in [0.2, 0.25) is 11.8 Å². The predicted octanol–water partition coefficient (Wildman–Crippen LogP) is 3.55. The van der Waals surface area contributed by atoms with Crippen LogP contribution in [0.3, 0.4) is 0 Å². The summed E-state index contributed by atoms with van der Waals surface area (Å²) in [5.41, 5.74) is 2.20. The Morgan fingerprint density at radius 3 is 2.36 bits per heavy atom. The molecule has 28 heavy (non-hydrogen) atoms. The van der Waals surface area contributed by atoms with E-state index in [1.165, 1.54) is 13.4 Å². The van der Waals surface area contributed by atoms with E-state index < -0.39 is 12.0 Å². The van der Waals surface area contributed by atoms with Gasteiger partial charge in [-0.25, -0.2) is 4.98 Å². The lowest BCUT2D eigenvalue weighted by Crippen LogP contribution is -2.36. The molecule has 0 radical (unpaired) electrons. The maximum atomic E-state index is 12.6. The maximum absolute atomic E-state index is 12.6. The second-order valence-electron chi connectivity index (χ2n) is 6.45. The minimum absolute atomic E-state index is 0.0492. The van der Waals surface area contributed by atoms with E-state index in [-0.39, 0.29) is 18.3 Å². The van der Waals surface area contributed by atoms with Crippen LogP contribution < -0.4 is 5.32 Å². The average Bonchev–Trinajstić information content (AvgIpc) is 3.20. The van der Waals surface area contributed by atoms with Crippen LogP contribution in [0, 0.1) is 5.92 Å². The number of rotatable bonds is 7. The van der Waals surface area contributed by atoms with Gasteiger partial charge in [0.15, 0.2) is 0 Å². The van der Waals surface area contributed by atoms with Gasteiger partial charge in [-0.3, -0.25) is 9.59 Å². The number of hydrogen-bond donors (Lipinski definition) is 1. The molecule has 0 fully saturated rings. The van der Waals surface area contributed by atoms with Crippen molar-refractivity contribution >= 4 is 11.9 Å². The molecule has 3 rings (SSSR count). The van der Waals surface area contributed by atoms with E-state index in [4.69, 9.17) is 9.15 Å². The fourth-order valence-corrected chi connectivity index (χ4v) is 2.97. The molecule has 6 nitrogen and oxygen atoms in total. The minimum Gasteiger partial charge on any atom is -0.469 e. The Labute approximate surface area is 163 Å². The van der Waals surface area contributed by atoms with E-state index in [1.807, 2.05) is 60.7 Å². The third-order valence-electron chi connectivity index (χ3n) is 4.46. The van der Waals surface area contributed by atoms with Gasteiger partial charge >= 0.3 is 5.97 Å². The van der Waals surface area contributed by atoms with Gasteiger partial charge in [-0.05, 0) is 24.6 Å². The molecule has 1 amide bonds. The summed E-state index contributed by atoms with van der Waals surface area (Å²) in [5.74, 6) is -0.709. The number of esters is 1. The molecule has 1 N–H and O–H groups in total. The van der Waals surface area contributed by atoms with E-state index in [0.29, 0.717) is 11.6 Å². The smallest absolute Gasteiger partial charge is 0.310 e. The molecule has 0 aliphatic rings. The molecule has 2 aromatic carbocycles. The Hall–Kier alpha value is -3.41. The van der Waals surface area contributed by atoms with Crippen LogP contribution in [0.15, 0.2) is 71.3 Å². The van der Waals surface area contributed by atoms with E-state index in [0.717, 1.165) is 11.1 Å². The Kier molecular flexibility index (Phi) is 6.22. The van der Waals surface area contributed by atoms with Crippen LogP contribution in [-0.4, -0.2) is 24.0 Å². The first-order valence-electron chi connectivity index (χ1n) is 9.00. The molecular weight excluding hydrogens is 356 g/mol. The largest absolute Gasteiger partial charge is 0.469 e. The zero-order valence-corrected chi connectivity index (χ0v) is 15.8. The normalized spacial score (nSPS) is 12.8. The van der Waals surface area contributed by atoms with Crippen LogP contribution in [0.5, 0.6) is 0 Å². The zero-order chi connectivity index (χ0) is 19.9. The quantitative estimate of drug-likeness (QED) is 0.636. The molecule has 0 saturated carbocycles. The molecule has 0 aliphatic carbocycles. The molecule has 144 valence electrons. The Bertz CT molecular complexity index is 922. The van der Waals surface area contributed by atoms with Crippen molar-refractivity contribution in [1.29, 1.82) is 0 Å². The summed E-state index contributed by atoms with van der Waals surface area (Å²) in [6, 6.07) is 18.3. The van der Waals surface area contributed by atoms with Gasteiger partial charge in [-0.15, -0.1) is 0 Å². The lowest BCUT2D eigenvalue weighted by atomic mass is 9.94. The first kappa shape index (κ1) is 19.4. The van der Waals surface area contributed by atoms with Crippen molar-refractivity contribution in [3.8, 4) is 11.5 Å². The summed E-state index contributed by atoms with van der Waals surface area (Å²) in [4.78, 5) is 29.0. The third kappa shape index (κ3) is 4.65. The summed E-state index contributed by atoms with van der Waals surface area (Å²) in [6.07, 6.45) is 1.52. The molecule has 0 bridgehead atoms. The number of aromatic nitrogens is 1. The molecule has 3 aromatic rings. The molecule has 1 aromatic heterocycles. The van der Waals surface area contributed by atoms with Gasteiger partial charge < -0.3 is 14.5 Å². The number of oxazole rings is 1. The van der Waals surface area contributed by atoms with Gasteiger partial charge in [-0.1, -0.05) is 48.5 Å². The predicted molar refractivity (Wildman–Crippen MR) is 104 cm³/mol. The molecule has 0 aliphatic heterocycles. The van der Waals surface area contributed by atoms with E-state index in [9.17, 15) is 9.59 Å². The van der Waals surface area contributed by atoms with Crippen LogP contribution in [0.2, 0.25) is 0 Å². The highest BCUT2D eigenvalue weighted by atomic mass is 16.5. The monoisotopic (exact) mass is 378 g/mol. The van der Waals surface area contributed by atoms with Crippen LogP contribution in [0.4, 0.5) is 0 Å². The second-order valence-corrected chi connectivity index (χ2v) is 6.45. The van der Waals surface area contributed by atoms with Crippen molar-refractivity contribution in [3.63, 3.8) is 0 Å². The summed E-state index contributed by atoms with van der Waals surface area (Å²) in [5, 5.41) is 2.92. The first-order valence-corrected chi connectivity index (χ1v) is 9.00. The lowest BCUT2D eigenvalue weighted by Gasteiger charge is -2.23. The maximum Gasteiger partial charge on any atom is 0.310 e. The van der Waals surface area contributed by atoms with Crippen molar-refractivity contribution < 1.29 is 18.7 Å². The number of amides is 1. The number of nitrogens with one attached hydrogen (secondary N) is 1. The van der Waals surface area contributed by atoms with Crippen molar-refractivity contribution in [2.75, 3.05) is 7.11 Å². The van der Waals surface area contributed by atoms with Gasteiger partial charge in [0.25, 0.3) is 0 Å². The average molecular weight is 378 g/mol. The molecule has 2 atom stereocenters. The fourth-order valence-electron chi connectivity index (χ4n) is 2.97. The standard InChI is InChI=1S/C22H22N2O4/c1-15(22(26)27-2)20(16-9-5-3-6-10-16)24-19(25)13-18-14-28-21(23-18)17-11-7-4-8-12-17/h3-12,14-15,20H,13H2,1-2H3,(H,24,25). The second kappa shape index (κ2) is 8.99. The zero-order valence-electron chi connectivity index (χ0n) is 15.8. The number of nitrogens with zero attached hydrogens (tertiary/aromatic N) is 1. The van der Waals surface area contributed by atoms with Crippen molar-refractivity contribution in [2.24, 2.45) is 5.92 Å². The topological polar surface area (TPSA) is 81.4 Å². The molecular formula is C22H22N2O4. The van der Waals surface area contributed by atoms with Crippen LogP contribution in [-0.2, 0) is 20.7 Å². The molecule has 6 heteroatoms. The minimum atomic E-state index is -0.534. The highest BCUT2D eigenvalue weighted by molar-refractivity contribution is 5.80. The van der Waals surface area contributed by atoms with Crippen LogP contribution >= 0.6 is 0 Å². The van der Waals surface area contributed by atoms with Gasteiger partial charge in [0.1, 0.15) is 6.26 Å². The van der Waals surface area contributed by atoms with Crippen molar-refractivity contribution in [3.05, 3.63) is 78.2 Å². The number of methoxy groups -OCH3 is 1. The van der Waals surface area contributed by atoms with Gasteiger partial charge in [0, 0.05) is 5.56 Å².